The van der Waals surface area contributed by atoms with Gasteiger partial charge in [0.1, 0.15) is 0 Å². The second kappa shape index (κ2) is 6.28. The van der Waals surface area contributed by atoms with Gasteiger partial charge in [-0.2, -0.15) is 0 Å². The van der Waals surface area contributed by atoms with Crippen LogP contribution in [0.3, 0.4) is 0 Å². The van der Waals surface area contributed by atoms with Gasteiger partial charge in [-0.15, -0.1) is 0 Å². The Morgan fingerprint density at radius 1 is 1.59 bits per heavy atom. The molecule has 98 valence electrons. The molecule has 0 spiro atoms. The van der Waals surface area contributed by atoms with Gasteiger partial charge < -0.3 is 11.1 Å². The van der Waals surface area contributed by atoms with Crippen molar-refractivity contribution in [3.63, 3.8) is 0 Å². The molecule has 0 aromatic carbocycles. The number of primary amides is 1. The van der Waals surface area contributed by atoms with Crippen molar-refractivity contribution < 1.29 is 4.79 Å². The molecule has 5 heteroatoms. The summed E-state index contributed by atoms with van der Waals surface area (Å²) in [6.07, 6.45) is 2.33. The fourth-order valence-corrected chi connectivity index (χ4v) is 2.67. The standard InChI is InChI=1S/C12H23N3OS/c1-12(2,3)9-6-8-17-11(15-9)14-7-4-5-10(13)16/h9H,4-8H2,1-3H3,(H2,13,16)(H,14,15). The average Bonchev–Trinajstić information content (AvgIpc) is 2.23. The summed E-state index contributed by atoms with van der Waals surface area (Å²) in [5, 5.41) is 4.49. The highest BCUT2D eigenvalue weighted by Crippen LogP contribution is 2.27. The van der Waals surface area contributed by atoms with Crippen molar-refractivity contribution in [1.29, 1.82) is 0 Å². The quantitative estimate of drug-likeness (QED) is 0.754. The first-order chi connectivity index (χ1) is 7.89. The number of hydrogen-bond acceptors (Lipinski definition) is 3. The van der Waals surface area contributed by atoms with Crippen LogP contribution in [0.4, 0.5) is 0 Å². The molecule has 1 heterocycles. The molecule has 0 aliphatic carbocycles. The topological polar surface area (TPSA) is 67.5 Å². The van der Waals surface area contributed by atoms with Gasteiger partial charge >= 0.3 is 0 Å². The minimum atomic E-state index is -0.248. The number of carbonyl (C=O) groups is 1. The molecule has 1 aliphatic heterocycles. The Labute approximate surface area is 108 Å². The molecular weight excluding hydrogens is 234 g/mol. The molecule has 1 atom stereocenters. The average molecular weight is 257 g/mol. The van der Waals surface area contributed by atoms with Crippen LogP contribution in [0.5, 0.6) is 0 Å². The van der Waals surface area contributed by atoms with Crippen LogP contribution in [0.1, 0.15) is 40.0 Å². The first kappa shape index (κ1) is 14.4. The summed E-state index contributed by atoms with van der Waals surface area (Å²) in [5.41, 5.74) is 5.34. The SMILES string of the molecule is CC(C)(C)C1CCSC(=NCCCC(N)=O)N1. The van der Waals surface area contributed by atoms with Crippen LogP contribution in [0, 0.1) is 5.41 Å². The molecule has 17 heavy (non-hydrogen) atoms. The fraction of sp³-hybridized carbons (Fsp3) is 0.833. The van der Waals surface area contributed by atoms with E-state index < -0.39 is 0 Å². The summed E-state index contributed by atoms with van der Waals surface area (Å²) < 4.78 is 0. The number of nitrogens with zero attached hydrogens (tertiary/aromatic N) is 1. The van der Waals surface area contributed by atoms with E-state index in [9.17, 15) is 4.79 Å². The van der Waals surface area contributed by atoms with Gasteiger partial charge in [-0.05, 0) is 18.3 Å². The molecule has 1 fully saturated rings. The number of nitrogens with two attached hydrogens (primary N) is 1. The van der Waals surface area contributed by atoms with Crippen molar-refractivity contribution in [2.75, 3.05) is 12.3 Å². The Morgan fingerprint density at radius 2 is 2.29 bits per heavy atom. The van der Waals surface area contributed by atoms with Crippen LogP contribution >= 0.6 is 11.8 Å². The first-order valence-electron chi connectivity index (χ1n) is 6.11. The second-order valence-electron chi connectivity index (χ2n) is 5.46. The number of aliphatic imine (C=N–C) groups is 1. The van der Waals surface area contributed by atoms with E-state index in [1.54, 1.807) is 11.8 Å². The molecule has 0 radical (unpaired) electrons. The molecule has 1 rings (SSSR count). The van der Waals surface area contributed by atoms with Crippen molar-refractivity contribution >= 4 is 22.8 Å². The number of hydrogen-bond donors (Lipinski definition) is 2. The highest BCUT2D eigenvalue weighted by atomic mass is 32.2. The van der Waals surface area contributed by atoms with Gasteiger partial charge in [-0.25, -0.2) is 0 Å². The van der Waals surface area contributed by atoms with E-state index in [0.29, 0.717) is 19.0 Å². The van der Waals surface area contributed by atoms with Crippen molar-refractivity contribution in [1.82, 2.24) is 5.32 Å². The van der Waals surface area contributed by atoms with E-state index >= 15 is 0 Å². The third kappa shape index (κ3) is 5.44. The van der Waals surface area contributed by atoms with Gasteiger partial charge in [0.05, 0.1) is 0 Å². The van der Waals surface area contributed by atoms with Gasteiger partial charge in [0.15, 0.2) is 5.17 Å². The minimum absolute atomic E-state index is 0.248. The predicted octanol–water partition coefficient (Wildman–Crippen LogP) is 1.75. The van der Waals surface area contributed by atoms with E-state index in [1.165, 1.54) is 6.42 Å². The molecule has 0 saturated carbocycles. The van der Waals surface area contributed by atoms with Crippen molar-refractivity contribution in [3.05, 3.63) is 0 Å². The predicted molar refractivity (Wildman–Crippen MR) is 74.2 cm³/mol. The van der Waals surface area contributed by atoms with Crippen molar-refractivity contribution in [3.8, 4) is 0 Å². The maximum atomic E-state index is 10.6. The lowest BCUT2D eigenvalue weighted by atomic mass is 9.85. The summed E-state index contributed by atoms with van der Waals surface area (Å²) in [5.74, 6) is 0.867. The molecule has 0 aromatic heterocycles. The van der Waals surface area contributed by atoms with E-state index in [2.05, 4.69) is 31.1 Å². The van der Waals surface area contributed by atoms with E-state index in [4.69, 9.17) is 5.73 Å². The van der Waals surface area contributed by atoms with E-state index in [-0.39, 0.29) is 11.3 Å². The first-order valence-corrected chi connectivity index (χ1v) is 7.10. The summed E-state index contributed by atoms with van der Waals surface area (Å²) in [6.45, 7) is 7.40. The van der Waals surface area contributed by atoms with Gasteiger partial charge in [0.2, 0.25) is 5.91 Å². The Balaban J connectivity index is 2.38. The molecule has 1 unspecified atom stereocenters. The molecule has 0 aromatic rings. The number of amides is 1. The molecule has 1 aliphatic rings. The van der Waals surface area contributed by atoms with E-state index in [0.717, 1.165) is 17.3 Å². The maximum Gasteiger partial charge on any atom is 0.217 e. The maximum absolute atomic E-state index is 10.6. The zero-order valence-electron chi connectivity index (χ0n) is 11.0. The Bertz CT molecular complexity index is 297. The number of rotatable bonds is 4. The van der Waals surface area contributed by atoms with Gasteiger partial charge in [-0.3, -0.25) is 9.79 Å². The smallest absolute Gasteiger partial charge is 0.217 e. The lowest BCUT2D eigenvalue weighted by molar-refractivity contribution is -0.118. The molecular formula is C12H23N3OS. The molecule has 0 bridgehead atoms. The molecule has 1 amide bonds. The summed E-state index contributed by atoms with van der Waals surface area (Å²) in [7, 11) is 0. The number of thioether (sulfide) groups is 1. The fourth-order valence-electron chi connectivity index (χ4n) is 1.71. The van der Waals surface area contributed by atoms with Crippen molar-refractivity contribution in [2.24, 2.45) is 16.1 Å². The van der Waals surface area contributed by atoms with Crippen LogP contribution in [0.15, 0.2) is 4.99 Å². The third-order valence-electron chi connectivity index (χ3n) is 2.83. The second-order valence-corrected chi connectivity index (χ2v) is 6.54. The Kier molecular flexibility index (Phi) is 5.31. The van der Waals surface area contributed by atoms with Crippen LogP contribution in [0.2, 0.25) is 0 Å². The third-order valence-corrected chi connectivity index (χ3v) is 3.79. The lowest BCUT2D eigenvalue weighted by Gasteiger charge is -2.35. The highest BCUT2D eigenvalue weighted by Gasteiger charge is 2.28. The summed E-state index contributed by atoms with van der Waals surface area (Å²) >= 11 is 1.76. The van der Waals surface area contributed by atoms with Crippen LogP contribution in [-0.4, -0.2) is 29.4 Å². The summed E-state index contributed by atoms with van der Waals surface area (Å²) in [4.78, 5) is 15.1. The summed E-state index contributed by atoms with van der Waals surface area (Å²) in [6, 6.07) is 0.485. The van der Waals surface area contributed by atoms with Gasteiger partial charge in [0.25, 0.3) is 0 Å². The molecule has 3 N–H and O–H groups in total. The van der Waals surface area contributed by atoms with Gasteiger partial charge in [0, 0.05) is 24.8 Å². The lowest BCUT2D eigenvalue weighted by Crippen LogP contribution is -2.46. The zero-order valence-corrected chi connectivity index (χ0v) is 11.8. The molecule has 4 nitrogen and oxygen atoms in total. The van der Waals surface area contributed by atoms with E-state index in [1.807, 2.05) is 0 Å². The number of nitrogens with one attached hydrogen (secondary N) is 1. The van der Waals surface area contributed by atoms with Crippen LogP contribution < -0.4 is 11.1 Å². The Morgan fingerprint density at radius 3 is 2.88 bits per heavy atom. The van der Waals surface area contributed by atoms with Gasteiger partial charge in [-0.1, -0.05) is 32.5 Å². The number of carbonyl (C=O) groups excluding carboxylic acids is 1. The largest absolute Gasteiger partial charge is 0.370 e. The van der Waals surface area contributed by atoms with Crippen LogP contribution in [0.25, 0.3) is 0 Å². The minimum Gasteiger partial charge on any atom is -0.370 e. The monoisotopic (exact) mass is 257 g/mol. The van der Waals surface area contributed by atoms with Crippen molar-refractivity contribution in [2.45, 2.75) is 46.1 Å². The normalized spacial score (nSPS) is 23.5. The molecule has 1 saturated heterocycles. The van der Waals surface area contributed by atoms with Crippen LogP contribution in [-0.2, 0) is 4.79 Å². The highest BCUT2D eigenvalue weighted by molar-refractivity contribution is 8.13. The Hall–Kier alpha value is -0.710. The number of amidine groups is 1. The zero-order chi connectivity index (χ0) is 12.9.